The lowest BCUT2D eigenvalue weighted by Gasteiger charge is -2.13. The molecule has 2 aromatic heterocycles. The molecule has 13 heteroatoms. The number of pyridine rings is 2. The molecule has 0 amide bonds. The zero-order chi connectivity index (χ0) is 31.3. The minimum atomic E-state index is -0.910. The van der Waals surface area contributed by atoms with Crippen LogP contribution >= 0.6 is 0 Å². The van der Waals surface area contributed by atoms with Crippen LogP contribution in [-0.4, -0.2) is 46.0 Å². The number of phenolic OH excluding ortho intramolecular Hbond substituents is 4. The minimum absolute atomic E-state index is 0.0685. The van der Waals surface area contributed by atoms with E-state index in [9.17, 15) is 45.4 Å². The number of carbonyl (C=O) groups excluding carboxylic acids is 1. The maximum atomic E-state index is 14.4. The highest BCUT2D eigenvalue weighted by molar-refractivity contribution is 6.21. The number of nitrogens with zero attached hydrogens (tertiary/aromatic N) is 4. The summed E-state index contributed by atoms with van der Waals surface area (Å²) >= 11 is 0. The van der Waals surface area contributed by atoms with Gasteiger partial charge in [0, 0.05) is 45.2 Å². The topological polar surface area (TPSA) is 210 Å². The number of fused-ring (bicyclic) bond motifs is 2. The number of aromatic nitrogens is 2. The average Bonchev–Trinajstić information content (AvgIpc) is 3.01. The fourth-order valence-corrected chi connectivity index (χ4v) is 4.95. The smallest absolute Gasteiger partial charge is 0.315 e. The lowest BCUT2D eigenvalue weighted by Crippen LogP contribution is -2.06. The second-order valence-corrected chi connectivity index (χ2v) is 9.71. The molecule has 0 fully saturated rings. The van der Waals surface area contributed by atoms with E-state index >= 15 is 0 Å². The maximum Gasteiger partial charge on any atom is 0.315 e. The fourth-order valence-electron chi connectivity index (χ4n) is 4.95. The monoisotopic (exact) mass is 590 g/mol. The van der Waals surface area contributed by atoms with Gasteiger partial charge in [-0.25, -0.2) is 9.97 Å². The Morgan fingerprint density at radius 3 is 1.36 bits per heavy atom. The van der Waals surface area contributed by atoms with E-state index in [0.717, 1.165) is 24.3 Å². The highest BCUT2D eigenvalue weighted by Crippen LogP contribution is 2.41. The molecule has 0 saturated heterocycles. The van der Waals surface area contributed by atoms with E-state index in [1.807, 2.05) is 0 Å². The SMILES string of the molecule is O=C(c1cc(-c2cc(O)c(O)c([N+](=O)[O-])c2)nc2ccccc12)c1cc(-c2cc(O)c(O)c([N+](=O)[O-])c2)nc2ccccc12. The van der Waals surface area contributed by atoms with Crippen LogP contribution in [0.3, 0.4) is 0 Å². The number of ketones is 1. The van der Waals surface area contributed by atoms with Crippen molar-refractivity contribution in [1.29, 1.82) is 0 Å². The van der Waals surface area contributed by atoms with Gasteiger partial charge in [-0.3, -0.25) is 25.0 Å². The molecule has 0 saturated carbocycles. The predicted octanol–water partition coefficient (Wildman–Crippen LogP) is 5.99. The van der Waals surface area contributed by atoms with E-state index in [2.05, 4.69) is 9.97 Å². The summed E-state index contributed by atoms with van der Waals surface area (Å²) < 4.78 is 0. The van der Waals surface area contributed by atoms with Crippen LogP contribution in [0.5, 0.6) is 23.0 Å². The number of nitro groups is 2. The van der Waals surface area contributed by atoms with Gasteiger partial charge in [0.1, 0.15) is 0 Å². The van der Waals surface area contributed by atoms with Gasteiger partial charge in [0.2, 0.25) is 11.5 Å². The van der Waals surface area contributed by atoms with Crippen molar-refractivity contribution in [2.45, 2.75) is 0 Å². The number of benzene rings is 4. The van der Waals surface area contributed by atoms with Crippen LogP contribution in [0.4, 0.5) is 11.4 Å². The first-order chi connectivity index (χ1) is 21.0. The molecule has 6 aromatic rings. The van der Waals surface area contributed by atoms with Gasteiger partial charge in [-0.15, -0.1) is 0 Å². The van der Waals surface area contributed by atoms with E-state index in [-0.39, 0.29) is 33.6 Å². The van der Waals surface area contributed by atoms with Crippen molar-refractivity contribution < 1.29 is 35.1 Å². The summed E-state index contributed by atoms with van der Waals surface area (Å²) in [5, 5.41) is 64.1. The van der Waals surface area contributed by atoms with Crippen molar-refractivity contribution in [2.75, 3.05) is 0 Å². The summed E-state index contributed by atoms with van der Waals surface area (Å²) in [6.07, 6.45) is 0. The van der Waals surface area contributed by atoms with E-state index in [1.165, 1.54) is 12.1 Å². The molecule has 4 N–H and O–H groups in total. The quantitative estimate of drug-likeness (QED) is 0.0766. The van der Waals surface area contributed by atoms with Gasteiger partial charge in [0.25, 0.3) is 0 Å². The number of hydrogen-bond donors (Lipinski definition) is 4. The Hall–Kier alpha value is -6.63. The van der Waals surface area contributed by atoms with Crippen molar-refractivity contribution in [2.24, 2.45) is 0 Å². The first-order valence-corrected chi connectivity index (χ1v) is 12.8. The second kappa shape index (κ2) is 10.3. The largest absolute Gasteiger partial charge is 0.504 e. The van der Waals surface area contributed by atoms with Gasteiger partial charge in [0.15, 0.2) is 17.3 Å². The fraction of sp³-hybridized carbons (Fsp3) is 0. The van der Waals surface area contributed by atoms with Crippen LogP contribution < -0.4 is 0 Å². The molecule has 0 bridgehead atoms. The third kappa shape index (κ3) is 4.59. The highest BCUT2D eigenvalue weighted by atomic mass is 16.6. The van der Waals surface area contributed by atoms with E-state index in [4.69, 9.17) is 0 Å². The molecular weight excluding hydrogens is 572 g/mol. The Bertz CT molecular complexity index is 2060. The van der Waals surface area contributed by atoms with E-state index in [0.29, 0.717) is 21.8 Å². The van der Waals surface area contributed by atoms with Crippen molar-refractivity contribution in [3.05, 3.63) is 116 Å². The number of carbonyl (C=O) groups is 1. The molecule has 13 nitrogen and oxygen atoms in total. The molecule has 44 heavy (non-hydrogen) atoms. The number of phenols is 4. The van der Waals surface area contributed by atoms with Gasteiger partial charge in [-0.2, -0.15) is 0 Å². The van der Waals surface area contributed by atoms with Gasteiger partial charge in [-0.05, 0) is 36.4 Å². The lowest BCUT2D eigenvalue weighted by molar-refractivity contribution is -0.386. The summed E-state index contributed by atoms with van der Waals surface area (Å²) in [5.74, 6) is -3.82. The van der Waals surface area contributed by atoms with Crippen LogP contribution in [0.1, 0.15) is 15.9 Å². The zero-order valence-electron chi connectivity index (χ0n) is 22.2. The molecule has 0 unspecified atom stereocenters. The Balaban J connectivity index is 1.59. The Labute approximate surface area is 245 Å². The molecule has 216 valence electrons. The standard InChI is InChI=1S/C31H18N4O9/c36-27-11-15(9-25(30(27)39)34(41)42)23-13-19(17-5-1-3-7-21(17)32-23)29(38)20-14-24(33-22-8-4-2-6-18(20)22)16-10-26(35(43)44)31(40)28(37)12-16/h1-14,36-37,39-40H. The van der Waals surface area contributed by atoms with Crippen LogP contribution in [0.15, 0.2) is 84.9 Å². The zero-order valence-corrected chi connectivity index (χ0v) is 22.2. The first-order valence-electron chi connectivity index (χ1n) is 12.8. The first kappa shape index (κ1) is 27.5. The summed E-state index contributed by atoms with van der Waals surface area (Å²) in [6.45, 7) is 0. The number of hydrogen-bond acceptors (Lipinski definition) is 11. The van der Waals surface area contributed by atoms with Crippen LogP contribution in [-0.2, 0) is 0 Å². The molecule has 4 aromatic carbocycles. The highest BCUT2D eigenvalue weighted by Gasteiger charge is 2.25. The van der Waals surface area contributed by atoms with Gasteiger partial charge >= 0.3 is 11.4 Å². The molecule has 0 aliphatic rings. The third-order valence-corrected chi connectivity index (χ3v) is 7.05. The summed E-state index contributed by atoms with van der Waals surface area (Å²) in [4.78, 5) is 44.7. The normalized spacial score (nSPS) is 11.1. The van der Waals surface area contributed by atoms with Crippen LogP contribution in [0.25, 0.3) is 44.3 Å². The maximum absolute atomic E-state index is 14.4. The van der Waals surface area contributed by atoms with E-state index in [1.54, 1.807) is 48.5 Å². The summed E-state index contributed by atoms with van der Waals surface area (Å²) in [7, 11) is 0. The summed E-state index contributed by atoms with van der Waals surface area (Å²) in [5.41, 5.74) is -0.158. The Morgan fingerprint density at radius 2 is 0.977 bits per heavy atom. The van der Waals surface area contributed by atoms with Gasteiger partial charge in [-0.1, -0.05) is 36.4 Å². The van der Waals surface area contributed by atoms with E-state index < -0.39 is 50.0 Å². The molecule has 6 rings (SSSR count). The minimum Gasteiger partial charge on any atom is -0.504 e. The lowest BCUT2D eigenvalue weighted by atomic mass is 9.93. The molecule has 0 radical (unpaired) electrons. The van der Waals surface area contributed by atoms with Gasteiger partial charge < -0.3 is 20.4 Å². The third-order valence-electron chi connectivity index (χ3n) is 7.05. The van der Waals surface area contributed by atoms with Crippen molar-refractivity contribution >= 4 is 39.0 Å². The molecular formula is C31H18N4O9. The second-order valence-electron chi connectivity index (χ2n) is 9.71. The number of aromatic hydroxyl groups is 4. The Kier molecular flexibility index (Phi) is 6.46. The number of nitro benzene ring substituents is 2. The van der Waals surface area contributed by atoms with Crippen LogP contribution in [0, 0.1) is 20.2 Å². The summed E-state index contributed by atoms with van der Waals surface area (Å²) in [6, 6.07) is 20.5. The van der Waals surface area contributed by atoms with Crippen LogP contribution in [0.2, 0.25) is 0 Å². The van der Waals surface area contributed by atoms with Gasteiger partial charge in [0.05, 0.1) is 32.3 Å². The molecule has 0 aliphatic heterocycles. The molecule has 0 aliphatic carbocycles. The Morgan fingerprint density at radius 1 is 0.591 bits per heavy atom. The predicted molar refractivity (Wildman–Crippen MR) is 158 cm³/mol. The van der Waals surface area contributed by atoms with Crippen molar-refractivity contribution in [1.82, 2.24) is 9.97 Å². The number of para-hydroxylation sites is 2. The molecule has 0 spiro atoms. The molecule has 0 atom stereocenters. The number of rotatable bonds is 6. The van der Waals surface area contributed by atoms with Crippen molar-refractivity contribution in [3.8, 4) is 45.5 Å². The average molecular weight is 591 g/mol. The van der Waals surface area contributed by atoms with Crippen molar-refractivity contribution in [3.63, 3.8) is 0 Å². The molecule has 2 heterocycles.